The molecule has 1 amide bonds. The minimum Gasteiger partial charge on any atom is -0.389 e. The van der Waals surface area contributed by atoms with Gasteiger partial charge in [-0.25, -0.2) is 0 Å². The van der Waals surface area contributed by atoms with E-state index < -0.39 is 6.10 Å². The van der Waals surface area contributed by atoms with Gasteiger partial charge in [0.15, 0.2) is 5.78 Å². The molecule has 1 fully saturated rings. The molecule has 2 aliphatic heterocycles. The first kappa shape index (κ1) is 12.8. The minimum atomic E-state index is -0.658. The highest BCUT2D eigenvalue weighted by molar-refractivity contribution is 6.00. The molecule has 98 valence electrons. The van der Waals surface area contributed by atoms with Crippen molar-refractivity contribution in [2.24, 2.45) is 0 Å². The van der Waals surface area contributed by atoms with Crippen LogP contribution >= 0.6 is 0 Å². The molecule has 2 aliphatic rings. The van der Waals surface area contributed by atoms with Gasteiger partial charge >= 0.3 is 0 Å². The largest absolute Gasteiger partial charge is 0.389 e. The first-order valence-corrected chi connectivity index (χ1v) is 6.19. The molecule has 2 atom stereocenters. The van der Waals surface area contributed by atoms with Crippen molar-refractivity contribution in [1.29, 1.82) is 0 Å². The number of carbonyl (C=O) groups is 2. The number of ketones is 1. The number of nitrogens with zero attached hydrogens (tertiary/aromatic N) is 1. The zero-order valence-electron chi connectivity index (χ0n) is 10.6. The Labute approximate surface area is 106 Å². The van der Waals surface area contributed by atoms with Gasteiger partial charge in [-0.2, -0.15) is 0 Å². The fraction of sp³-hybridized carbons (Fsp3) is 0.538. The van der Waals surface area contributed by atoms with Crippen LogP contribution in [-0.2, 0) is 9.59 Å². The third-order valence-corrected chi connectivity index (χ3v) is 3.26. The van der Waals surface area contributed by atoms with E-state index in [0.29, 0.717) is 11.4 Å². The molecule has 18 heavy (non-hydrogen) atoms. The molecule has 0 aromatic carbocycles. The number of hydrogen-bond donors (Lipinski definition) is 2. The Balaban J connectivity index is 2.04. The molecule has 2 rings (SSSR count). The van der Waals surface area contributed by atoms with E-state index in [1.54, 1.807) is 13.8 Å². The lowest BCUT2D eigenvalue weighted by molar-refractivity contribution is -0.118. The second kappa shape index (κ2) is 4.94. The summed E-state index contributed by atoms with van der Waals surface area (Å²) in [6.45, 7) is 4.04. The van der Waals surface area contributed by atoms with Gasteiger partial charge in [0, 0.05) is 18.2 Å². The molecule has 1 unspecified atom stereocenters. The number of hydrogen-bond acceptors (Lipinski definition) is 4. The molecule has 0 bridgehead atoms. The van der Waals surface area contributed by atoms with Crippen LogP contribution in [0.5, 0.6) is 0 Å². The standard InChI is InChI=1S/C13H18N2O3/c1-8(6-9(2)16)13(18)14-12-7-11(17)10-4-3-5-15(10)12/h6-7,9-10,16H,3-5H2,1-2H3,(H,14,18)/b8-6+/t9?,10-/m0/s1. The van der Waals surface area contributed by atoms with E-state index in [9.17, 15) is 14.7 Å². The predicted molar refractivity (Wildman–Crippen MR) is 66.4 cm³/mol. The monoisotopic (exact) mass is 250 g/mol. The lowest BCUT2D eigenvalue weighted by atomic mass is 10.2. The zero-order chi connectivity index (χ0) is 13.3. The SMILES string of the molecule is C/C(=C\C(C)O)C(=O)NC1=CC(=O)[C@@H]2CCCN12. The summed E-state index contributed by atoms with van der Waals surface area (Å²) >= 11 is 0. The van der Waals surface area contributed by atoms with Crippen LogP contribution in [0.15, 0.2) is 23.5 Å². The summed E-state index contributed by atoms with van der Waals surface area (Å²) < 4.78 is 0. The lowest BCUT2D eigenvalue weighted by Gasteiger charge is -2.21. The van der Waals surface area contributed by atoms with Crippen LogP contribution in [0.1, 0.15) is 26.7 Å². The maximum atomic E-state index is 11.9. The molecular formula is C13H18N2O3. The molecule has 0 spiro atoms. The average molecular weight is 250 g/mol. The second-order valence-electron chi connectivity index (χ2n) is 4.83. The lowest BCUT2D eigenvalue weighted by Crippen LogP contribution is -2.35. The minimum absolute atomic E-state index is 0.0694. The fourth-order valence-electron chi connectivity index (χ4n) is 2.42. The summed E-state index contributed by atoms with van der Waals surface area (Å²) in [6, 6.07) is -0.0821. The van der Waals surface area contributed by atoms with E-state index in [4.69, 9.17) is 0 Å². The fourth-order valence-corrected chi connectivity index (χ4v) is 2.42. The van der Waals surface area contributed by atoms with Crippen LogP contribution < -0.4 is 5.32 Å². The summed E-state index contributed by atoms with van der Waals surface area (Å²) in [7, 11) is 0. The van der Waals surface area contributed by atoms with Crippen LogP contribution in [-0.4, -0.2) is 40.4 Å². The quantitative estimate of drug-likeness (QED) is 0.708. The molecule has 2 heterocycles. The van der Waals surface area contributed by atoms with E-state index in [1.165, 1.54) is 12.2 Å². The number of aliphatic hydroxyl groups is 1. The van der Waals surface area contributed by atoms with E-state index in [-0.39, 0.29) is 17.7 Å². The smallest absolute Gasteiger partial charge is 0.252 e. The van der Waals surface area contributed by atoms with Crippen LogP contribution in [0, 0.1) is 0 Å². The highest BCUT2D eigenvalue weighted by Crippen LogP contribution is 2.27. The maximum absolute atomic E-state index is 11.9. The van der Waals surface area contributed by atoms with Gasteiger partial charge in [-0.3, -0.25) is 9.59 Å². The molecule has 0 aromatic rings. The second-order valence-corrected chi connectivity index (χ2v) is 4.83. The van der Waals surface area contributed by atoms with Gasteiger partial charge in [0.05, 0.1) is 12.1 Å². The molecular weight excluding hydrogens is 232 g/mol. The van der Waals surface area contributed by atoms with Gasteiger partial charge in [0.2, 0.25) is 0 Å². The Morgan fingerprint density at radius 1 is 1.67 bits per heavy atom. The van der Waals surface area contributed by atoms with Gasteiger partial charge in [-0.05, 0) is 32.8 Å². The van der Waals surface area contributed by atoms with E-state index in [2.05, 4.69) is 5.32 Å². The van der Waals surface area contributed by atoms with Gasteiger partial charge in [0.25, 0.3) is 5.91 Å². The molecule has 2 N–H and O–H groups in total. The molecule has 0 aromatic heterocycles. The van der Waals surface area contributed by atoms with Crippen molar-refractivity contribution < 1.29 is 14.7 Å². The zero-order valence-corrected chi connectivity index (χ0v) is 10.6. The normalized spacial score (nSPS) is 24.9. The molecule has 0 aliphatic carbocycles. The highest BCUT2D eigenvalue weighted by Gasteiger charge is 2.37. The molecule has 0 saturated carbocycles. The van der Waals surface area contributed by atoms with Gasteiger partial charge in [-0.15, -0.1) is 0 Å². The van der Waals surface area contributed by atoms with Crippen LogP contribution in [0.25, 0.3) is 0 Å². The number of carbonyl (C=O) groups excluding carboxylic acids is 2. The van der Waals surface area contributed by atoms with Crippen molar-refractivity contribution in [3.63, 3.8) is 0 Å². The van der Waals surface area contributed by atoms with Crippen molar-refractivity contribution in [3.8, 4) is 0 Å². The summed E-state index contributed by atoms with van der Waals surface area (Å²) in [5.74, 6) is 0.383. The highest BCUT2D eigenvalue weighted by atomic mass is 16.3. The molecule has 5 heteroatoms. The average Bonchev–Trinajstić information content (AvgIpc) is 2.83. The Hall–Kier alpha value is -1.62. The summed E-state index contributed by atoms with van der Waals surface area (Å²) in [5, 5.41) is 11.9. The Kier molecular flexibility index (Phi) is 3.52. The summed E-state index contributed by atoms with van der Waals surface area (Å²) in [5.41, 5.74) is 0.445. The number of amides is 1. The molecule has 1 saturated heterocycles. The van der Waals surface area contributed by atoms with E-state index in [1.807, 2.05) is 4.90 Å². The maximum Gasteiger partial charge on any atom is 0.252 e. The van der Waals surface area contributed by atoms with Crippen molar-refractivity contribution in [3.05, 3.63) is 23.5 Å². The molecule has 5 nitrogen and oxygen atoms in total. The Morgan fingerprint density at radius 2 is 2.39 bits per heavy atom. The third kappa shape index (κ3) is 2.46. The number of aliphatic hydroxyl groups excluding tert-OH is 1. The Morgan fingerprint density at radius 3 is 3.06 bits per heavy atom. The van der Waals surface area contributed by atoms with Crippen molar-refractivity contribution in [1.82, 2.24) is 10.2 Å². The van der Waals surface area contributed by atoms with Gasteiger partial charge < -0.3 is 15.3 Å². The number of fused-ring (bicyclic) bond motifs is 1. The van der Waals surface area contributed by atoms with E-state index in [0.717, 1.165) is 19.4 Å². The van der Waals surface area contributed by atoms with Crippen molar-refractivity contribution in [2.45, 2.75) is 38.8 Å². The summed E-state index contributed by atoms with van der Waals surface area (Å²) in [6.07, 6.45) is 4.16. The van der Waals surface area contributed by atoms with E-state index >= 15 is 0 Å². The van der Waals surface area contributed by atoms with Gasteiger partial charge in [0.1, 0.15) is 5.82 Å². The summed E-state index contributed by atoms with van der Waals surface area (Å²) in [4.78, 5) is 25.5. The van der Waals surface area contributed by atoms with Gasteiger partial charge in [-0.1, -0.05) is 0 Å². The van der Waals surface area contributed by atoms with Crippen LogP contribution in [0.2, 0.25) is 0 Å². The third-order valence-electron chi connectivity index (χ3n) is 3.26. The van der Waals surface area contributed by atoms with Crippen molar-refractivity contribution in [2.75, 3.05) is 6.54 Å². The number of nitrogens with one attached hydrogen (secondary N) is 1. The first-order valence-electron chi connectivity index (χ1n) is 6.19. The molecule has 0 radical (unpaired) electrons. The topological polar surface area (TPSA) is 69.6 Å². The predicted octanol–water partition coefficient (Wildman–Crippen LogP) is 0.318. The van der Waals surface area contributed by atoms with Crippen LogP contribution in [0.4, 0.5) is 0 Å². The first-order chi connectivity index (χ1) is 8.49. The number of rotatable bonds is 3. The van der Waals surface area contributed by atoms with Crippen molar-refractivity contribution >= 4 is 11.7 Å². The Bertz CT molecular complexity index is 438. The van der Waals surface area contributed by atoms with Crippen LogP contribution in [0.3, 0.4) is 0 Å².